The number of hydrogen-bond donors (Lipinski definition) is 2. The Labute approximate surface area is 71.8 Å². The molecule has 0 aromatic heterocycles. The van der Waals surface area contributed by atoms with Gasteiger partial charge in [-0.25, -0.2) is 0 Å². The van der Waals surface area contributed by atoms with Crippen molar-refractivity contribution in [1.82, 2.24) is 0 Å². The summed E-state index contributed by atoms with van der Waals surface area (Å²) in [7, 11) is 0. The van der Waals surface area contributed by atoms with Gasteiger partial charge in [0.1, 0.15) is 0 Å². The predicted octanol–water partition coefficient (Wildman–Crippen LogP) is 0.111. The van der Waals surface area contributed by atoms with Crippen molar-refractivity contribution in [3.8, 4) is 0 Å². The zero-order chi connectivity index (χ0) is 8.36. The number of aliphatic hydroxyl groups excluding tert-OH is 2. The van der Waals surface area contributed by atoms with Gasteiger partial charge >= 0.3 is 0 Å². The molecule has 0 radical (unpaired) electrons. The number of hydrogen-bond acceptors (Lipinski definition) is 4. The van der Waals surface area contributed by atoms with E-state index in [0.717, 1.165) is 17.9 Å². The monoisotopic (exact) mass is 180 g/mol. The van der Waals surface area contributed by atoms with Gasteiger partial charge in [-0.3, -0.25) is 0 Å². The minimum atomic E-state index is 0.0985. The Kier molecular flexibility index (Phi) is 10.4. The van der Waals surface area contributed by atoms with Crippen LogP contribution in [0, 0.1) is 0 Å². The molecular formula is C7H16O3S. The van der Waals surface area contributed by atoms with Gasteiger partial charge in [-0.05, 0) is 12.2 Å². The first-order valence-electron chi connectivity index (χ1n) is 3.79. The van der Waals surface area contributed by atoms with Crippen molar-refractivity contribution < 1.29 is 14.9 Å². The molecule has 0 saturated carbocycles. The number of thioether (sulfide) groups is 1. The fourth-order valence-corrected chi connectivity index (χ4v) is 1.33. The van der Waals surface area contributed by atoms with Gasteiger partial charge in [0.25, 0.3) is 0 Å². The molecule has 0 fully saturated rings. The molecule has 2 N–H and O–H groups in total. The largest absolute Gasteiger partial charge is 0.396 e. The van der Waals surface area contributed by atoms with Crippen LogP contribution in [0.3, 0.4) is 0 Å². The van der Waals surface area contributed by atoms with Crippen LogP contribution >= 0.6 is 11.8 Å². The Morgan fingerprint density at radius 1 is 1.00 bits per heavy atom. The van der Waals surface area contributed by atoms with E-state index in [1.165, 1.54) is 0 Å². The van der Waals surface area contributed by atoms with Crippen LogP contribution in [0.1, 0.15) is 6.42 Å². The van der Waals surface area contributed by atoms with Gasteiger partial charge in [0.15, 0.2) is 0 Å². The third-order valence-corrected chi connectivity index (χ3v) is 2.09. The second-order valence-corrected chi connectivity index (χ2v) is 3.25. The minimum Gasteiger partial charge on any atom is -0.396 e. The summed E-state index contributed by atoms with van der Waals surface area (Å²) in [4.78, 5) is 0. The molecule has 0 rings (SSSR count). The molecule has 0 spiro atoms. The van der Waals surface area contributed by atoms with E-state index < -0.39 is 0 Å². The normalized spacial score (nSPS) is 10.4. The van der Waals surface area contributed by atoms with Crippen molar-refractivity contribution in [1.29, 1.82) is 0 Å². The van der Waals surface area contributed by atoms with Crippen LogP contribution in [0.25, 0.3) is 0 Å². The standard InChI is InChI=1S/C7H16O3S/c8-2-1-6-11-7-5-10-4-3-9/h8-9H,1-7H2. The van der Waals surface area contributed by atoms with E-state index in [-0.39, 0.29) is 13.2 Å². The topological polar surface area (TPSA) is 49.7 Å². The predicted molar refractivity (Wildman–Crippen MR) is 46.9 cm³/mol. The summed E-state index contributed by atoms with van der Waals surface area (Å²) in [6.45, 7) is 1.49. The highest BCUT2D eigenvalue weighted by atomic mass is 32.2. The lowest BCUT2D eigenvalue weighted by atomic mass is 10.5. The van der Waals surface area contributed by atoms with Gasteiger partial charge < -0.3 is 14.9 Å². The maximum atomic E-state index is 8.43. The molecule has 0 aliphatic carbocycles. The van der Waals surface area contributed by atoms with Gasteiger partial charge in [0, 0.05) is 12.4 Å². The average molecular weight is 180 g/mol. The maximum absolute atomic E-state index is 8.43. The van der Waals surface area contributed by atoms with E-state index in [1.807, 2.05) is 0 Å². The number of rotatable bonds is 8. The van der Waals surface area contributed by atoms with Gasteiger partial charge in [0.2, 0.25) is 0 Å². The molecule has 0 atom stereocenters. The molecule has 0 heterocycles. The number of aliphatic hydroxyl groups is 2. The first-order valence-corrected chi connectivity index (χ1v) is 4.94. The minimum absolute atomic E-state index is 0.0985. The van der Waals surface area contributed by atoms with Crippen LogP contribution in [0.15, 0.2) is 0 Å². The fraction of sp³-hybridized carbons (Fsp3) is 1.00. The van der Waals surface area contributed by atoms with Gasteiger partial charge in [0.05, 0.1) is 19.8 Å². The van der Waals surface area contributed by atoms with E-state index in [9.17, 15) is 0 Å². The third kappa shape index (κ3) is 10.2. The van der Waals surface area contributed by atoms with Crippen LogP contribution in [-0.2, 0) is 4.74 Å². The molecule has 0 saturated heterocycles. The molecule has 0 bridgehead atoms. The molecule has 11 heavy (non-hydrogen) atoms. The van der Waals surface area contributed by atoms with Crippen molar-refractivity contribution in [3.63, 3.8) is 0 Å². The van der Waals surface area contributed by atoms with Crippen LogP contribution in [-0.4, -0.2) is 48.1 Å². The van der Waals surface area contributed by atoms with Crippen LogP contribution in [0.5, 0.6) is 0 Å². The Bertz CT molecular complexity index is 62.7. The van der Waals surface area contributed by atoms with Gasteiger partial charge in [-0.2, -0.15) is 11.8 Å². The van der Waals surface area contributed by atoms with Crippen LogP contribution in [0.2, 0.25) is 0 Å². The molecule has 0 aromatic carbocycles. The molecular weight excluding hydrogens is 164 g/mol. The van der Waals surface area contributed by atoms with E-state index in [1.54, 1.807) is 11.8 Å². The molecule has 68 valence electrons. The van der Waals surface area contributed by atoms with Crippen molar-refractivity contribution in [2.75, 3.05) is 37.9 Å². The average Bonchev–Trinajstić information content (AvgIpc) is 2.03. The SMILES string of the molecule is OCCCSCCOCCO. The first kappa shape index (κ1) is 11.2. The Hall–Kier alpha value is 0.230. The van der Waals surface area contributed by atoms with Gasteiger partial charge in [-0.15, -0.1) is 0 Å². The first-order chi connectivity index (χ1) is 5.41. The zero-order valence-corrected chi connectivity index (χ0v) is 7.48. The summed E-state index contributed by atoms with van der Waals surface area (Å²) < 4.78 is 5.03. The fourth-order valence-electron chi connectivity index (χ4n) is 0.553. The Morgan fingerprint density at radius 2 is 1.82 bits per heavy atom. The highest BCUT2D eigenvalue weighted by molar-refractivity contribution is 7.99. The highest BCUT2D eigenvalue weighted by Crippen LogP contribution is 2.00. The maximum Gasteiger partial charge on any atom is 0.0698 e. The second kappa shape index (κ2) is 10.2. The van der Waals surface area contributed by atoms with Crippen molar-refractivity contribution in [3.05, 3.63) is 0 Å². The van der Waals surface area contributed by atoms with Crippen molar-refractivity contribution >= 4 is 11.8 Å². The third-order valence-electron chi connectivity index (χ3n) is 1.05. The van der Waals surface area contributed by atoms with E-state index >= 15 is 0 Å². The lowest BCUT2D eigenvalue weighted by Gasteiger charge is -2.00. The summed E-state index contributed by atoms with van der Waals surface area (Å²) in [5, 5.41) is 16.8. The zero-order valence-electron chi connectivity index (χ0n) is 6.66. The lowest BCUT2D eigenvalue weighted by Crippen LogP contribution is -2.02. The van der Waals surface area contributed by atoms with Crippen LogP contribution in [0.4, 0.5) is 0 Å². The van der Waals surface area contributed by atoms with Crippen LogP contribution < -0.4 is 0 Å². The summed E-state index contributed by atoms with van der Waals surface area (Å²) in [5.41, 5.74) is 0. The molecule has 0 aromatic rings. The summed E-state index contributed by atoms with van der Waals surface area (Å²) >= 11 is 1.76. The molecule has 0 aliphatic heterocycles. The van der Waals surface area contributed by atoms with E-state index in [0.29, 0.717) is 13.2 Å². The second-order valence-electron chi connectivity index (χ2n) is 2.03. The number of ether oxygens (including phenoxy) is 1. The molecule has 3 nitrogen and oxygen atoms in total. The summed E-state index contributed by atoms with van der Waals surface area (Å²) in [6, 6.07) is 0. The Balaban J connectivity index is 2.69. The van der Waals surface area contributed by atoms with E-state index in [2.05, 4.69) is 0 Å². The lowest BCUT2D eigenvalue weighted by molar-refractivity contribution is 0.103. The summed E-state index contributed by atoms with van der Waals surface area (Å²) in [6.07, 6.45) is 0.852. The van der Waals surface area contributed by atoms with Crippen molar-refractivity contribution in [2.45, 2.75) is 6.42 Å². The smallest absolute Gasteiger partial charge is 0.0698 e. The highest BCUT2D eigenvalue weighted by Gasteiger charge is 1.89. The molecule has 0 unspecified atom stereocenters. The van der Waals surface area contributed by atoms with E-state index in [4.69, 9.17) is 14.9 Å². The van der Waals surface area contributed by atoms with Gasteiger partial charge in [-0.1, -0.05) is 0 Å². The van der Waals surface area contributed by atoms with Crippen molar-refractivity contribution in [2.24, 2.45) is 0 Å². The molecule has 4 heteroatoms. The molecule has 0 amide bonds. The quantitative estimate of drug-likeness (QED) is 0.521. The molecule has 0 aliphatic rings. The summed E-state index contributed by atoms with van der Waals surface area (Å²) in [5.74, 6) is 1.93. The Morgan fingerprint density at radius 3 is 2.45 bits per heavy atom.